The molecule has 0 spiro atoms. The fourth-order valence-electron chi connectivity index (χ4n) is 7.41. The van der Waals surface area contributed by atoms with Crippen molar-refractivity contribution in [3.8, 4) is 45.8 Å². The lowest BCUT2D eigenvalue weighted by Crippen LogP contribution is -1.99. The van der Waals surface area contributed by atoms with E-state index in [4.69, 9.17) is 0 Å². The maximum absolute atomic E-state index is 10.4. The number of para-hydroxylation sites is 4. The van der Waals surface area contributed by atoms with Crippen LogP contribution in [0, 0.1) is 22.7 Å². The quantitative estimate of drug-likeness (QED) is 0.199. The summed E-state index contributed by atoms with van der Waals surface area (Å²) >= 11 is 0. The summed E-state index contributed by atoms with van der Waals surface area (Å²) in [6, 6.07) is 58.9. The molecule has 222 valence electrons. The van der Waals surface area contributed by atoms with Crippen LogP contribution in [0.15, 0.2) is 158 Å². The van der Waals surface area contributed by atoms with E-state index in [2.05, 4.69) is 137 Å². The Labute approximate surface area is 277 Å². The molecule has 0 bridgehead atoms. The van der Waals surface area contributed by atoms with Gasteiger partial charge in [-0.15, -0.1) is 0 Å². The van der Waals surface area contributed by atoms with Crippen molar-refractivity contribution in [1.82, 2.24) is 9.13 Å². The van der Waals surface area contributed by atoms with Gasteiger partial charge >= 0.3 is 0 Å². The first-order valence-corrected chi connectivity index (χ1v) is 15.9. The average Bonchev–Trinajstić information content (AvgIpc) is 3.68. The molecule has 7 aromatic carbocycles. The molecule has 0 saturated carbocycles. The Morgan fingerprint density at radius 2 is 0.896 bits per heavy atom. The topological polar surface area (TPSA) is 57.4 Å². The van der Waals surface area contributed by atoms with Crippen LogP contribution in [0.5, 0.6) is 0 Å². The van der Waals surface area contributed by atoms with Crippen molar-refractivity contribution in [2.24, 2.45) is 0 Å². The van der Waals surface area contributed by atoms with Gasteiger partial charge in [-0.1, -0.05) is 103 Å². The van der Waals surface area contributed by atoms with Crippen LogP contribution in [0.4, 0.5) is 0 Å². The molecule has 48 heavy (non-hydrogen) atoms. The molecule has 4 nitrogen and oxygen atoms in total. The van der Waals surface area contributed by atoms with Gasteiger partial charge in [-0.25, -0.2) is 0 Å². The predicted octanol–water partition coefficient (Wildman–Crippen LogP) is 11.0. The Balaban J connectivity index is 1.30. The number of rotatable bonds is 4. The minimum Gasteiger partial charge on any atom is -0.309 e. The minimum atomic E-state index is 0.611. The number of aromatic nitrogens is 2. The molecule has 9 aromatic rings. The normalized spacial score (nSPS) is 11.3. The van der Waals surface area contributed by atoms with Gasteiger partial charge in [0.1, 0.15) is 0 Å². The van der Waals surface area contributed by atoms with Gasteiger partial charge in [0.05, 0.1) is 51.0 Å². The van der Waals surface area contributed by atoms with Gasteiger partial charge in [0.15, 0.2) is 0 Å². The molecule has 9 rings (SSSR count). The number of benzene rings is 7. The zero-order valence-electron chi connectivity index (χ0n) is 25.8. The Bertz CT molecular complexity index is 2760. The monoisotopic (exact) mass is 610 g/mol. The van der Waals surface area contributed by atoms with Gasteiger partial charge in [0.25, 0.3) is 0 Å². The van der Waals surface area contributed by atoms with Crippen molar-refractivity contribution in [1.29, 1.82) is 10.5 Å². The number of hydrogen-bond acceptors (Lipinski definition) is 2. The fourth-order valence-corrected chi connectivity index (χ4v) is 7.41. The molecule has 0 unspecified atom stereocenters. The van der Waals surface area contributed by atoms with Gasteiger partial charge in [-0.2, -0.15) is 10.5 Å². The molecule has 0 atom stereocenters. The summed E-state index contributed by atoms with van der Waals surface area (Å²) in [4.78, 5) is 0. The molecular weight excluding hydrogens is 585 g/mol. The smallest absolute Gasteiger partial charge is 0.0998 e. The van der Waals surface area contributed by atoms with Crippen molar-refractivity contribution >= 4 is 43.6 Å². The maximum Gasteiger partial charge on any atom is 0.0998 e. The Kier molecular flexibility index (Phi) is 6.22. The molecule has 2 heterocycles. The van der Waals surface area contributed by atoms with E-state index in [1.54, 1.807) is 0 Å². The summed E-state index contributed by atoms with van der Waals surface area (Å²) < 4.78 is 4.55. The zero-order valence-corrected chi connectivity index (χ0v) is 25.8. The first-order valence-electron chi connectivity index (χ1n) is 15.9. The molecule has 0 amide bonds. The van der Waals surface area contributed by atoms with Crippen molar-refractivity contribution < 1.29 is 0 Å². The second-order valence-electron chi connectivity index (χ2n) is 11.9. The van der Waals surface area contributed by atoms with Crippen molar-refractivity contribution in [3.63, 3.8) is 0 Å². The molecular formula is C44H26N4. The lowest BCUT2D eigenvalue weighted by Gasteiger charge is -2.18. The van der Waals surface area contributed by atoms with Crippen LogP contribution in [0.25, 0.3) is 77.2 Å². The van der Waals surface area contributed by atoms with Crippen LogP contribution < -0.4 is 0 Å². The molecule has 0 saturated heterocycles. The molecule has 0 radical (unpaired) electrons. The highest BCUT2D eigenvalue weighted by Crippen LogP contribution is 2.42. The van der Waals surface area contributed by atoms with Gasteiger partial charge in [-0.05, 0) is 65.7 Å². The average molecular weight is 611 g/mol. The lowest BCUT2D eigenvalue weighted by atomic mass is 9.91. The van der Waals surface area contributed by atoms with Gasteiger partial charge < -0.3 is 9.13 Å². The summed E-state index contributed by atoms with van der Waals surface area (Å²) in [5.41, 5.74) is 11.4. The van der Waals surface area contributed by atoms with Crippen LogP contribution in [0.2, 0.25) is 0 Å². The lowest BCUT2D eigenvalue weighted by molar-refractivity contribution is 1.18. The van der Waals surface area contributed by atoms with E-state index in [-0.39, 0.29) is 0 Å². The van der Waals surface area contributed by atoms with Crippen LogP contribution in [0.3, 0.4) is 0 Å². The zero-order chi connectivity index (χ0) is 32.2. The number of fused-ring (bicyclic) bond motifs is 6. The Morgan fingerprint density at radius 1 is 0.375 bits per heavy atom. The third-order valence-electron chi connectivity index (χ3n) is 9.43. The van der Waals surface area contributed by atoms with Crippen molar-refractivity contribution in [3.05, 3.63) is 169 Å². The fraction of sp³-hybridized carbons (Fsp3) is 0. The molecule has 0 N–H and O–H groups in total. The van der Waals surface area contributed by atoms with E-state index in [1.807, 2.05) is 42.5 Å². The van der Waals surface area contributed by atoms with E-state index in [1.165, 1.54) is 10.8 Å². The highest BCUT2D eigenvalue weighted by Gasteiger charge is 2.20. The Morgan fingerprint density at radius 3 is 1.56 bits per heavy atom. The second kappa shape index (κ2) is 10.9. The van der Waals surface area contributed by atoms with Gasteiger partial charge in [-0.3, -0.25) is 0 Å². The summed E-state index contributed by atoms with van der Waals surface area (Å²) in [6.07, 6.45) is 0. The molecule has 0 aliphatic carbocycles. The van der Waals surface area contributed by atoms with E-state index >= 15 is 0 Å². The van der Waals surface area contributed by atoms with Crippen LogP contribution in [0.1, 0.15) is 11.1 Å². The van der Waals surface area contributed by atoms with Gasteiger partial charge in [0, 0.05) is 38.4 Å². The SMILES string of the molecule is N#Cc1ccc(-n2c3ccccc3c3ccccc32)cc1-c1ccccc1-c1ccccc1-n1c2ccccc2c2c(C#N)cccc21. The molecule has 0 fully saturated rings. The van der Waals surface area contributed by atoms with Crippen LogP contribution in [-0.2, 0) is 0 Å². The number of nitrogens with zero attached hydrogens (tertiary/aromatic N) is 4. The minimum absolute atomic E-state index is 0.611. The summed E-state index contributed by atoms with van der Waals surface area (Å²) in [7, 11) is 0. The highest BCUT2D eigenvalue weighted by molar-refractivity contribution is 6.12. The summed E-state index contributed by atoms with van der Waals surface area (Å²) in [5.74, 6) is 0. The molecule has 0 aliphatic rings. The maximum atomic E-state index is 10.4. The standard InChI is InChI=1S/C44H26N4/c45-27-29-24-25-31(47-39-19-7-4-16-35(39)36-17-5-8-20-40(36)47)26-38(29)33-14-2-1-13-32(33)34-15-3-9-21-41(34)48-42-22-10-6-18-37(42)44-30(28-46)12-11-23-43(44)48/h1-26H. The molecule has 4 heteroatoms. The largest absolute Gasteiger partial charge is 0.309 e. The highest BCUT2D eigenvalue weighted by atomic mass is 15.0. The summed E-state index contributed by atoms with van der Waals surface area (Å²) in [6.45, 7) is 0. The first-order chi connectivity index (χ1) is 23.8. The molecule has 0 aliphatic heterocycles. The van der Waals surface area contributed by atoms with Crippen molar-refractivity contribution in [2.75, 3.05) is 0 Å². The van der Waals surface area contributed by atoms with Crippen LogP contribution in [-0.4, -0.2) is 9.13 Å². The van der Waals surface area contributed by atoms with Gasteiger partial charge in [0.2, 0.25) is 0 Å². The number of nitriles is 2. The van der Waals surface area contributed by atoms with E-state index in [0.29, 0.717) is 11.1 Å². The summed E-state index contributed by atoms with van der Waals surface area (Å²) in [5, 5.41) is 24.8. The van der Waals surface area contributed by atoms with Crippen LogP contribution >= 0.6 is 0 Å². The Hall–Kier alpha value is -6.88. The molecule has 2 aromatic heterocycles. The van der Waals surface area contributed by atoms with E-state index in [0.717, 1.165) is 66.5 Å². The number of hydrogen-bond donors (Lipinski definition) is 0. The van der Waals surface area contributed by atoms with Crippen molar-refractivity contribution in [2.45, 2.75) is 0 Å². The third kappa shape index (κ3) is 4.01. The van der Waals surface area contributed by atoms with E-state index in [9.17, 15) is 10.5 Å². The van der Waals surface area contributed by atoms with E-state index < -0.39 is 0 Å². The first kappa shape index (κ1) is 27.4. The second-order valence-corrected chi connectivity index (χ2v) is 11.9. The third-order valence-corrected chi connectivity index (χ3v) is 9.43. The predicted molar refractivity (Wildman–Crippen MR) is 195 cm³/mol.